The van der Waals surface area contributed by atoms with Crippen molar-refractivity contribution in [1.82, 2.24) is 0 Å². The minimum atomic E-state index is 0.157. The zero-order valence-corrected chi connectivity index (χ0v) is 9.21. The number of carbonyl (C=O) groups excluding carboxylic acids is 1. The Morgan fingerprint density at radius 1 is 1.53 bits per heavy atom. The molecule has 80 valence electrons. The Kier molecular flexibility index (Phi) is 2.39. The fourth-order valence-corrected chi connectivity index (χ4v) is 2.19. The summed E-state index contributed by atoms with van der Waals surface area (Å²) < 4.78 is 0. The van der Waals surface area contributed by atoms with Gasteiger partial charge in [0.25, 0.3) is 0 Å². The predicted octanol–water partition coefficient (Wildman–Crippen LogP) is 1.88. The summed E-state index contributed by atoms with van der Waals surface area (Å²) in [6.07, 6.45) is 1.46. The monoisotopic (exact) mass is 204 g/mol. The third-order valence-electron chi connectivity index (χ3n) is 2.84. The van der Waals surface area contributed by atoms with Crippen LogP contribution < -0.4 is 10.6 Å². The molecule has 2 N–H and O–H groups in total. The summed E-state index contributed by atoms with van der Waals surface area (Å²) >= 11 is 0. The van der Waals surface area contributed by atoms with Gasteiger partial charge >= 0.3 is 0 Å². The summed E-state index contributed by atoms with van der Waals surface area (Å²) in [7, 11) is 0. The molecule has 3 heteroatoms. The zero-order chi connectivity index (χ0) is 11.0. The molecule has 0 aliphatic carbocycles. The fourth-order valence-electron chi connectivity index (χ4n) is 2.19. The van der Waals surface area contributed by atoms with Gasteiger partial charge in [-0.25, -0.2) is 0 Å². The van der Waals surface area contributed by atoms with Crippen LogP contribution in [0.15, 0.2) is 12.1 Å². The van der Waals surface area contributed by atoms with Gasteiger partial charge in [0, 0.05) is 13.0 Å². The van der Waals surface area contributed by atoms with E-state index >= 15 is 0 Å². The number of carbonyl (C=O) groups is 1. The van der Waals surface area contributed by atoms with Crippen molar-refractivity contribution in [3.05, 3.63) is 23.3 Å². The summed E-state index contributed by atoms with van der Waals surface area (Å²) in [4.78, 5) is 13.5. The highest BCUT2D eigenvalue weighted by Crippen LogP contribution is 2.35. The van der Waals surface area contributed by atoms with Gasteiger partial charge in [-0.2, -0.15) is 0 Å². The van der Waals surface area contributed by atoms with Crippen LogP contribution in [0.4, 0.5) is 11.4 Å². The predicted molar refractivity (Wildman–Crippen MR) is 61.9 cm³/mol. The third-order valence-corrected chi connectivity index (χ3v) is 2.84. The molecule has 1 aliphatic rings. The molecule has 0 radical (unpaired) electrons. The van der Waals surface area contributed by atoms with E-state index in [1.165, 1.54) is 5.56 Å². The van der Waals surface area contributed by atoms with Gasteiger partial charge in [0.2, 0.25) is 5.91 Å². The lowest BCUT2D eigenvalue weighted by Gasteiger charge is -2.18. The lowest BCUT2D eigenvalue weighted by atomic mass is 10.1. The van der Waals surface area contributed by atoms with Gasteiger partial charge in [0.15, 0.2) is 0 Å². The van der Waals surface area contributed by atoms with Crippen LogP contribution in [-0.2, 0) is 11.2 Å². The van der Waals surface area contributed by atoms with Crippen LogP contribution >= 0.6 is 0 Å². The van der Waals surface area contributed by atoms with Gasteiger partial charge in [-0.3, -0.25) is 4.79 Å². The maximum absolute atomic E-state index is 11.7. The van der Waals surface area contributed by atoms with E-state index in [-0.39, 0.29) is 5.91 Å². The molecule has 0 bridgehead atoms. The van der Waals surface area contributed by atoms with E-state index in [0.717, 1.165) is 29.9 Å². The van der Waals surface area contributed by atoms with E-state index in [2.05, 4.69) is 6.07 Å². The second kappa shape index (κ2) is 3.57. The first-order valence-corrected chi connectivity index (χ1v) is 5.33. The number of nitrogen functional groups attached to an aromatic ring is 1. The third kappa shape index (κ3) is 1.58. The van der Waals surface area contributed by atoms with Crippen LogP contribution in [0.25, 0.3) is 0 Å². The smallest absolute Gasteiger partial charge is 0.226 e. The van der Waals surface area contributed by atoms with Gasteiger partial charge in [0.1, 0.15) is 0 Å². The number of fused-ring (bicyclic) bond motifs is 1. The Balaban J connectivity index is 2.46. The molecule has 0 unspecified atom stereocenters. The highest BCUT2D eigenvalue weighted by atomic mass is 16.2. The van der Waals surface area contributed by atoms with Crippen LogP contribution in [0.3, 0.4) is 0 Å². The second-order valence-corrected chi connectivity index (χ2v) is 4.01. The highest BCUT2D eigenvalue weighted by Gasteiger charge is 2.25. The molecule has 1 heterocycles. The molecule has 1 aromatic carbocycles. The average molecular weight is 204 g/mol. The normalized spacial score (nSPS) is 14.1. The number of amides is 1. The van der Waals surface area contributed by atoms with Crippen molar-refractivity contribution < 1.29 is 4.79 Å². The number of hydrogen-bond acceptors (Lipinski definition) is 2. The van der Waals surface area contributed by atoms with Crippen LogP contribution in [0, 0.1) is 6.92 Å². The van der Waals surface area contributed by atoms with Crippen LogP contribution in [0.2, 0.25) is 0 Å². The summed E-state index contributed by atoms with van der Waals surface area (Å²) in [5.41, 5.74) is 9.99. The van der Waals surface area contributed by atoms with Crippen molar-refractivity contribution in [2.75, 3.05) is 17.2 Å². The SMILES string of the molecule is CCC(=O)N1CCc2cc(C)cc(N)c21. The lowest BCUT2D eigenvalue weighted by molar-refractivity contribution is -0.118. The van der Waals surface area contributed by atoms with Gasteiger partial charge in [-0.15, -0.1) is 0 Å². The first-order valence-electron chi connectivity index (χ1n) is 5.33. The molecule has 0 aromatic heterocycles. The van der Waals surface area contributed by atoms with E-state index in [9.17, 15) is 4.79 Å². The van der Waals surface area contributed by atoms with E-state index in [1.54, 1.807) is 0 Å². The topological polar surface area (TPSA) is 46.3 Å². The Morgan fingerprint density at radius 3 is 2.93 bits per heavy atom. The fraction of sp³-hybridized carbons (Fsp3) is 0.417. The van der Waals surface area contributed by atoms with Gasteiger partial charge in [-0.1, -0.05) is 13.0 Å². The standard InChI is InChI=1S/C12H16N2O/c1-3-11(15)14-5-4-9-6-8(2)7-10(13)12(9)14/h6-7H,3-5,13H2,1-2H3. The largest absolute Gasteiger partial charge is 0.397 e. The summed E-state index contributed by atoms with van der Waals surface area (Å²) in [5, 5.41) is 0. The number of hydrogen-bond donors (Lipinski definition) is 1. The lowest BCUT2D eigenvalue weighted by Crippen LogP contribution is -2.28. The molecule has 1 aromatic rings. The molecule has 2 rings (SSSR count). The van der Waals surface area contributed by atoms with E-state index in [1.807, 2.05) is 24.8 Å². The molecule has 0 saturated heterocycles. The molecule has 1 amide bonds. The van der Waals surface area contributed by atoms with E-state index in [4.69, 9.17) is 5.73 Å². The number of aryl methyl sites for hydroxylation is 1. The molecular formula is C12H16N2O. The van der Waals surface area contributed by atoms with Crippen molar-refractivity contribution in [2.45, 2.75) is 26.7 Å². The number of benzene rings is 1. The molecule has 3 nitrogen and oxygen atoms in total. The average Bonchev–Trinajstić information content (AvgIpc) is 2.60. The number of nitrogens with zero attached hydrogens (tertiary/aromatic N) is 1. The van der Waals surface area contributed by atoms with Gasteiger partial charge < -0.3 is 10.6 Å². The van der Waals surface area contributed by atoms with E-state index < -0.39 is 0 Å². The molecule has 0 spiro atoms. The number of nitrogens with two attached hydrogens (primary N) is 1. The quantitative estimate of drug-likeness (QED) is 0.710. The maximum atomic E-state index is 11.7. The van der Waals surface area contributed by atoms with Crippen LogP contribution in [0.1, 0.15) is 24.5 Å². The number of rotatable bonds is 1. The molecule has 0 saturated carbocycles. The van der Waals surface area contributed by atoms with Crippen molar-refractivity contribution in [2.24, 2.45) is 0 Å². The van der Waals surface area contributed by atoms with Gasteiger partial charge in [-0.05, 0) is 30.5 Å². The molecule has 15 heavy (non-hydrogen) atoms. The Bertz CT molecular complexity index is 412. The highest BCUT2D eigenvalue weighted by molar-refractivity contribution is 5.98. The van der Waals surface area contributed by atoms with Crippen LogP contribution in [-0.4, -0.2) is 12.5 Å². The van der Waals surface area contributed by atoms with Crippen molar-refractivity contribution in [3.63, 3.8) is 0 Å². The number of anilines is 2. The van der Waals surface area contributed by atoms with Crippen molar-refractivity contribution >= 4 is 17.3 Å². The van der Waals surface area contributed by atoms with Crippen molar-refractivity contribution in [3.8, 4) is 0 Å². The minimum Gasteiger partial charge on any atom is -0.397 e. The Hall–Kier alpha value is -1.51. The molecule has 1 aliphatic heterocycles. The zero-order valence-electron chi connectivity index (χ0n) is 9.21. The van der Waals surface area contributed by atoms with E-state index in [0.29, 0.717) is 6.42 Å². The summed E-state index contributed by atoms with van der Waals surface area (Å²) in [5.74, 6) is 0.157. The second-order valence-electron chi connectivity index (χ2n) is 4.01. The van der Waals surface area contributed by atoms with Gasteiger partial charge in [0.05, 0.1) is 11.4 Å². The molecular weight excluding hydrogens is 188 g/mol. The van der Waals surface area contributed by atoms with Crippen LogP contribution in [0.5, 0.6) is 0 Å². The Morgan fingerprint density at radius 2 is 2.27 bits per heavy atom. The minimum absolute atomic E-state index is 0.157. The maximum Gasteiger partial charge on any atom is 0.226 e. The summed E-state index contributed by atoms with van der Waals surface area (Å²) in [6.45, 7) is 4.68. The summed E-state index contributed by atoms with van der Waals surface area (Å²) in [6, 6.07) is 4.05. The first-order chi connectivity index (χ1) is 7.13. The first kappa shape index (κ1) is 10.0. The van der Waals surface area contributed by atoms with Crippen molar-refractivity contribution in [1.29, 1.82) is 0 Å². The molecule has 0 fully saturated rings. The molecule has 0 atom stereocenters. The Labute approximate surface area is 89.9 Å².